The van der Waals surface area contributed by atoms with Gasteiger partial charge in [0.2, 0.25) is 11.8 Å². The third-order valence-corrected chi connectivity index (χ3v) is 2.75. The summed E-state index contributed by atoms with van der Waals surface area (Å²) in [6, 6.07) is 1.67. The van der Waals surface area contributed by atoms with Crippen molar-refractivity contribution in [2.24, 2.45) is 0 Å². The van der Waals surface area contributed by atoms with Crippen LogP contribution in [0.25, 0.3) is 0 Å². The Morgan fingerprint density at radius 1 is 1.47 bits per heavy atom. The second-order valence-corrected chi connectivity index (χ2v) is 4.59. The van der Waals surface area contributed by atoms with Crippen LogP contribution in [0.1, 0.15) is 31.9 Å². The van der Waals surface area contributed by atoms with Crippen LogP contribution < -0.4 is 5.32 Å². The van der Waals surface area contributed by atoms with E-state index in [2.05, 4.69) is 17.4 Å². The molecule has 0 fully saturated rings. The quantitative estimate of drug-likeness (QED) is 0.663. The van der Waals surface area contributed by atoms with Crippen LogP contribution in [0.3, 0.4) is 0 Å². The Balaban J connectivity index is 2.37. The van der Waals surface area contributed by atoms with Gasteiger partial charge >= 0.3 is 0 Å². The number of anilines is 1. The summed E-state index contributed by atoms with van der Waals surface area (Å²) in [7, 11) is 0. The van der Waals surface area contributed by atoms with Crippen molar-refractivity contribution in [2.45, 2.75) is 33.1 Å². The molecule has 0 radical (unpaired) electrons. The molecule has 0 spiro atoms. The molecule has 0 atom stereocenters. The van der Waals surface area contributed by atoms with Crippen LogP contribution in [-0.2, 0) is 4.79 Å². The Hall–Kier alpha value is -1.40. The zero-order chi connectivity index (χ0) is 14.1. The SMILES string of the molecule is CCCCCN(CCO)CC(=O)Nc1cc(C)no1. The maximum atomic E-state index is 11.8. The van der Waals surface area contributed by atoms with Gasteiger partial charge in [-0.25, -0.2) is 0 Å². The highest BCUT2D eigenvalue weighted by Crippen LogP contribution is 2.08. The molecule has 0 bridgehead atoms. The van der Waals surface area contributed by atoms with Gasteiger partial charge in [0, 0.05) is 12.6 Å². The normalized spacial score (nSPS) is 10.9. The van der Waals surface area contributed by atoms with Gasteiger partial charge in [0.15, 0.2) is 0 Å². The monoisotopic (exact) mass is 269 g/mol. The first-order valence-electron chi connectivity index (χ1n) is 6.72. The lowest BCUT2D eigenvalue weighted by molar-refractivity contribution is -0.117. The number of rotatable bonds is 9. The number of amides is 1. The molecule has 0 unspecified atom stereocenters. The summed E-state index contributed by atoms with van der Waals surface area (Å²) in [5, 5.41) is 15.4. The predicted molar refractivity (Wildman–Crippen MR) is 72.9 cm³/mol. The molecule has 0 saturated carbocycles. The Bertz CT molecular complexity index is 379. The molecule has 0 aliphatic rings. The van der Waals surface area contributed by atoms with E-state index in [9.17, 15) is 4.79 Å². The Morgan fingerprint density at radius 3 is 2.84 bits per heavy atom. The molecule has 6 nitrogen and oxygen atoms in total. The van der Waals surface area contributed by atoms with Crippen LogP contribution in [0.4, 0.5) is 5.88 Å². The summed E-state index contributed by atoms with van der Waals surface area (Å²) in [6.45, 7) is 5.56. The molecule has 19 heavy (non-hydrogen) atoms. The van der Waals surface area contributed by atoms with E-state index in [1.807, 2.05) is 4.90 Å². The number of carbonyl (C=O) groups is 1. The summed E-state index contributed by atoms with van der Waals surface area (Å²) in [5.74, 6) is 0.209. The van der Waals surface area contributed by atoms with Crippen LogP contribution >= 0.6 is 0 Å². The van der Waals surface area contributed by atoms with Gasteiger partial charge in [-0.2, -0.15) is 0 Å². The fourth-order valence-electron chi connectivity index (χ4n) is 1.80. The number of carbonyl (C=O) groups excluding carboxylic acids is 1. The molecular formula is C13H23N3O3. The minimum Gasteiger partial charge on any atom is -0.395 e. The van der Waals surface area contributed by atoms with Crippen molar-refractivity contribution in [3.8, 4) is 0 Å². The number of aromatic nitrogens is 1. The minimum atomic E-state index is -0.152. The molecule has 0 aliphatic carbocycles. The Morgan fingerprint density at radius 2 is 2.26 bits per heavy atom. The Kier molecular flexibility index (Phi) is 7.14. The van der Waals surface area contributed by atoms with Gasteiger partial charge in [-0.05, 0) is 19.9 Å². The van der Waals surface area contributed by atoms with Gasteiger partial charge in [-0.1, -0.05) is 24.9 Å². The molecule has 1 amide bonds. The molecule has 1 rings (SSSR count). The van der Waals surface area contributed by atoms with E-state index in [-0.39, 0.29) is 19.1 Å². The first kappa shape index (κ1) is 15.7. The van der Waals surface area contributed by atoms with Crippen molar-refractivity contribution in [1.29, 1.82) is 0 Å². The highest BCUT2D eigenvalue weighted by Gasteiger charge is 2.12. The van der Waals surface area contributed by atoms with Crippen molar-refractivity contribution in [3.05, 3.63) is 11.8 Å². The van der Waals surface area contributed by atoms with E-state index in [4.69, 9.17) is 9.63 Å². The zero-order valence-electron chi connectivity index (χ0n) is 11.7. The molecule has 2 N–H and O–H groups in total. The average molecular weight is 269 g/mol. The lowest BCUT2D eigenvalue weighted by Crippen LogP contribution is -2.35. The summed E-state index contributed by atoms with van der Waals surface area (Å²) < 4.78 is 4.93. The number of aliphatic hydroxyl groups is 1. The highest BCUT2D eigenvalue weighted by molar-refractivity contribution is 5.90. The van der Waals surface area contributed by atoms with Crippen LogP contribution in [0, 0.1) is 6.92 Å². The number of aliphatic hydroxyl groups excluding tert-OH is 1. The van der Waals surface area contributed by atoms with E-state index >= 15 is 0 Å². The van der Waals surface area contributed by atoms with Gasteiger partial charge in [-0.3, -0.25) is 15.0 Å². The third kappa shape index (κ3) is 6.35. The second kappa shape index (κ2) is 8.66. The molecule has 1 aromatic heterocycles. The first-order valence-corrected chi connectivity index (χ1v) is 6.72. The van der Waals surface area contributed by atoms with Gasteiger partial charge in [0.25, 0.3) is 0 Å². The van der Waals surface area contributed by atoms with Crippen molar-refractivity contribution < 1.29 is 14.4 Å². The molecule has 1 heterocycles. The summed E-state index contributed by atoms with van der Waals surface area (Å²) in [5.41, 5.74) is 0.727. The molecule has 0 aromatic carbocycles. The van der Waals surface area contributed by atoms with Crippen molar-refractivity contribution in [2.75, 3.05) is 31.6 Å². The number of hydrogen-bond acceptors (Lipinski definition) is 5. The van der Waals surface area contributed by atoms with E-state index in [0.29, 0.717) is 12.4 Å². The molecule has 1 aromatic rings. The maximum absolute atomic E-state index is 11.8. The highest BCUT2D eigenvalue weighted by atomic mass is 16.5. The molecule has 108 valence electrons. The fraction of sp³-hybridized carbons (Fsp3) is 0.692. The van der Waals surface area contributed by atoms with Crippen molar-refractivity contribution in [3.63, 3.8) is 0 Å². The van der Waals surface area contributed by atoms with Gasteiger partial charge in [0.1, 0.15) is 0 Å². The smallest absolute Gasteiger partial charge is 0.240 e. The standard InChI is InChI=1S/C13H23N3O3/c1-3-4-5-6-16(7-8-17)10-12(18)14-13-9-11(2)15-19-13/h9,17H,3-8,10H2,1-2H3,(H,14,18). The van der Waals surface area contributed by atoms with Crippen molar-refractivity contribution >= 4 is 11.8 Å². The summed E-state index contributed by atoms with van der Waals surface area (Å²) in [6.07, 6.45) is 3.30. The van der Waals surface area contributed by atoms with Gasteiger partial charge in [-0.15, -0.1) is 0 Å². The number of aryl methyl sites for hydroxylation is 1. The first-order chi connectivity index (χ1) is 9.15. The van der Waals surface area contributed by atoms with Crippen LogP contribution in [-0.4, -0.2) is 47.3 Å². The lowest BCUT2D eigenvalue weighted by atomic mass is 10.2. The van der Waals surface area contributed by atoms with Crippen LogP contribution in [0.2, 0.25) is 0 Å². The summed E-state index contributed by atoms with van der Waals surface area (Å²) >= 11 is 0. The zero-order valence-corrected chi connectivity index (χ0v) is 11.7. The molecule has 0 saturated heterocycles. The largest absolute Gasteiger partial charge is 0.395 e. The molecule has 6 heteroatoms. The van der Waals surface area contributed by atoms with E-state index in [0.717, 1.165) is 31.5 Å². The average Bonchev–Trinajstić information content (AvgIpc) is 2.75. The Labute approximate surface area is 113 Å². The third-order valence-electron chi connectivity index (χ3n) is 2.75. The van der Waals surface area contributed by atoms with Gasteiger partial charge < -0.3 is 9.63 Å². The fourth-order valence-corrected chi connectivity index (χ4v) is 1.80. The van der Waals surface area contributed by atoms with E-state index < -0.39 is 0 Å². The molecule has 0 aliphatic heterocycles. The number of hydrogen-bond donors (Lipinski definition) is 2. The second-order valence-electron chi connectivity index (χ2n) is 4.59. The number of nitrogens with one attached hydrogen (secondary N) is 1. The van der Waals surface area contributed by atoms with E-state index in [1.165, 1.54) is 0 Å². The number of nitrogens with zero attached hydrogens (tertiary/aromatic N) is 2. The summed E-state index contributed by atoms with van der Waals surface area (Å²) in [4.78, 5) is 13.8. The topological polar surface area (TPSA) is 78.6 Å². The predicted octanol–water partition coefficient (Wildman–Crippen LogP) is 1.41. The lowest BCUT2D eigenvalue weighted by Gasteiger charge is -2.20. The molecular weight excluding hydrogens is 246 g/mol. The maximum Gasteiger partial charge on any atom is 0.240 e. The van der Waals surface area contributed by atoms with Gasteiger partial charge in [0.05, 0.1) is 18.8 Å². The van der Waals surface area contributed by atoms with Crippen molar-refractivity contribution in [1.82, 2.24) is 10.1 Å². The van der Waals surface area contributed by atoms with E-state index in [1.54, 1.807) is 13.0 Å². The number of unbranched alkanes of at least 4 members (excludes halogenated alkanes) is 2. The van der Waals surface area contributed by atoms with Crippen LogP contribution in [0.5, 0.6) is 0 Å². The van der Waals surface area contributed by atoms with Crippen LogP contribution in [0.15, 0.2) is 10.6 Å². The minimum absolute atomic E-state index is 0.0564.